The van der Waals surface area contributed by atoms with Crippen LogP contribution in [-0.4, -0.2) is 49.0 Å². The molecule has 1 amide bonds. The molecule has 3 rings (SSSR count). The Morgan fingerprint density at radius 2 is 2.16 bits per heavy atom. The zero-order valence-corrected chi connectivity index (χ0v) is 15.5. The number of aryl methyl sites for hydroxylation is 2. The summed E-state index contributed by atoms with van der Waals surface area (Å²) in [6.07, 6.45) is 4.97. The molecule has 2 aromatic heterocycles. The van der Waals surface area contributed by atoms with Crippen LogP contribution in [0.15, 0.2) is 12.7 Å². The molecule has 8 nitrogen and oxygen atoms in total. The molecule has 1 saturated heterocycles. The summed E-state index contributed by atoms with van der Waals surface area (Å²) in [6, 6.07) is -0.369. The van der Waals surface area contributed by atoms with Crippen LogP contribution >= 0.6 is 0 Å². The van der Waals surface area contributed by atoms with E-state index in [0.29, 0.717) is 0 Å². The zero-order valence-electron chi connectivity index (χ0n) is 15.5. The van der Waals surface area contributed by atoms with Crippen molar-refractivity contribution in [2.24, 2.45) is 13.0 Å². The van der Waals surface area contributed by atoms with Crippen LogP contribution in [0.25, 0.3) is 0 Å². The largest absolute Gasteiger partial charge is 0.481 e. The van der Waals surface area contributed by atoms with Crippen LogP contribution in [0.3, 0.4) is 0 Å². The molecular weight excluding hydrogens is 320 g/mol. The minimum atomic E-state index is -0.355. The minimum Gasteiger partial charge on any atom is -0.481 e. The van der Waals surface area contributed by atoms with Gasteiger partial charge in [-0.3, -0.25) is 4.79 Å². The van der Waals surface area contributed by atoms with Crippen molar-refractivity contribution in [3.05, 3.63) is 23.9 Å². The van der Waals surface area contributed by atoms with Gasteiger partial charge in [-0.1, -0.05) is 13.8 Å². The van der Waals surface area contributed by atoms with Gasteiger partial charge >= 0.3 is 0 Å². The van der Waals surface area contributed by atoms with Crippen molar-refractivity contribution in [3.63, 3.8) is 0 Å². The van der Waals surface area contributed by atoms with E-state index in [1.807, 2.05) is 32.7 Å². The maximum absolute atomic E-state index is 13.4. The molecule has 1 aliphatic rings. The van der Waals surface area contributed by atoms with Gasteiger partial charge in [-0.2, -0.15) is 10.2 Å². The van der Waals surface area contributed by atoms with Crippen LogP contribution in [0.5, 0.6) is 5.88 Å². The summed E-state index contributed by atoms with van der Waals surface area (Å²) in [4.78, 5) is 19.3. The lowest BCUT2D eigenvalue weighted by Gasteiger charge is -2.30. The molecule has 0 spiro atoms. The lowest BCUT2D eigenvalue weighted by molar-refractivity contribution is -0.137. The second-order valence-corrected chi connectivity index (χ2v) is 6.89. The fraction of sp³-hybridized carbons (Fsp3) is 0.647. The number of hydrogen-bond acceptors (Lipinski definition) is 5. The molecule has 8 heteroatoms. The molecule has 2 atom stereocenters. The number of nitrogens with zero attached hydrogens (tertiary/aromatic N) is 6. The third kappa shape index (κ3) is 3.01. The van der Waals surface area contributed by atoms with E-state index in [-0.39, 0.29) is 23.9 Å². The number of rotatable bonds is 5. The third-order valence-corrected chi connectivity index (χ3v) is 4.88. The number of amides is 1. The number of carbonyl (C=O) groups is 1. The fourth-order valence-corrected chi connectivity index (χ4v) is 3.84. The first-order valence-electron chi connectivity index (χ1n) is 8.67. The highest BCUT2D eigenvalue weighted by molar-refractivity contribution is 5.81. The predicted molar refractivity (Wildman–Crippen MR) is 92.1 cm³/mol. The first-order valence-corrected chi connectivity index (χ1v) is 8.67. The maximum atomic E-state index is 13.4. The SMILES string of the molecule is COc1c(C2CCCN2C(=O)C(C(C)C)n2cncn2)c(C)nn1C. The monoisotopic (exact) mass is 346 g/mol. The van der Waals surface area contributed by atoms with Gasteiger partial charge < -0.3 is 9.64 Å². The number of ether oxygens (including phenoxy) is 1. The summed E-state index contributed by atoms with van der Waals surface area (Å²) >= 11 is 0. The highest BCUT2D eigenvalue weighted by Crippen LogP contribution is 2.40. The Morgan fingerprint density at radius 3 is 2.76 bits per heavy atom. The van der Waals surface area contributed by atoms with Gasteiger partial charge in [0.1, 0.15) is 18.7 Å². The van der Waals surface area contributed by atoms with E-state index >= 15 is 0 Å². The number of aromatic nitrogens is 5. The van der Waals surface area contributed by atoms with Gasteiger partial charge in [0.25, 0.3) is 0 Å². The summed E-state index contributed by atoms with van der Waals surface area (Å²) in [7, 11) is 3.51. The summed E-state index contributed by atoms with van der Waals surface area (Å²) in [5.74, 6) is 0.921. The van der Waals surface area contributed by atoms with Gasteiger partial charge in [0, 0.05) is 13.6 Å². The highest BCUT2D eigenvalue weighted by Gasteiger charge is 2.39. The van der Waals surface area contributed by atoms with E-state index in [2.05, 4.69) is 15.2 Å². The number of carbonyl (C=O) groups excluding carboxylic acids is 1. The molecule has 0 aromatic carbocycles. The minimum absolute atomic E-state index is 0.0130. The maximum Gasteiger partial charge on any atom is 0.248 e. The Hall–Kier alpha value is -2.38. The third-order valence-electron chi connectivity index (χ3n) is 4.88. The Bertz CT molecular complexity index is 737. The summed E-state index contributed by atoms with van der Waals surface area (Å²) in [5, 5.41) is 8.68. The molecule has 1 fully saturated rings. The van der Waals surface area contributed by atoms with E-state index in [0.717, 1.165) is 36.5 Å². The van der Waals surface area contributed by atoms with E-state index in [1.54, 1.807) is 22.8 Å². The molecule has 136 valence electrons. The standard InChI is InChI=1S/C17H26N6O2/c1-11(2)15(23-10-18-9-19-23)16(24)22-8-6-7-13(22)14-12(3)20-21(4)17(14)25-5/h9-11,13,15H,6-8H2,1-5H3. The van der Waals surface area contributed by atoms with Gasteiger partial charge in [0.15, 0.2) is 0 Å². The Balaban J connectivity index is 1.95. The molecule has 2 aromatic rings. The van der Waals surface area contributed by atoms with E-state index in [9.17, 15) is 4.79 Å². The van der Waals surface area contributed by atoms with Gasteiger partial charge in [0.05, 0.1) is 24.4 Å². The van der Waals surface area contributed by atoms with Crippen molar-refractivity contribution in [2.45, 2.75) is 45.7 Å². The molecule has 2 unspecified atom stereocenters. The smallest absolute Gasteiger partial charge is 0.248 e. The highest BCUT2D eigenvalue weighted by atomic mass is 16.5. The molecule has 0 bridgehead atoms. The molecule has 0 radical (unpaired) electrons. The van der Waals surface area contributed by atoms with E-state index in [4.69, 9.17) is 4.74 Å². The summed E-state index contributed by atoms with van der Waals surface area (Å²) in [6.45, 7) is 6.77. The average molecular weight is 346 g/mol. The molecule has 1 aliphatic heterocycles. The van der Waals surface area contributed by atoms with Crippen LogP contribution < -0.4 is 4.74 Å². The average Bonchev–Trinajstić information content (AvgIpc) is 3.26. The zero-order chi connectivity index (χ0) is 18.1. The van der Waals surface area contributed by atoms with Crippen LogP contribution in [0, 0.1) is 12.8 Å². The van der Waals surface area contributed by atoms with Gasteiger partial charge in [-0.25, -0.2) is 14.3 Å². The summed E-state index contributed by atoms with van der Waals surface area (Å²) < 4.78 is 8.95. The van der Waals surface area contributed by atoms with Crippen molar-refractivity contribution >= 4 is 5.91 Å². The molecule has 0 aliphatic carbocycles. The predicted octanol–water partition coefficient (Wildman–Crippen LogP) is 1.89. The molecule has 3 heterocycles. The summed E-state index contributed by atoms with van der Waals surface area (Å²) in [5.41, 5.74) is 1.92. The Labute approximate surface area is 147 Å². The lowest BCUT2D eigenvalue weighted by atomic mass is 10.0. The molecule has 25 heavy (non-hydrogen) atoms. The Kier molecular flexibility index (Phi) is 4.78. The van der Waals surface area contributed by atoms with Crippen molar-refractivity contribution in [1.29, 1.82) is 0 Å². The van der Waals surface area contributed by atoms with Gasteiger partial charge in [-0.05, 0) is 25.7 Å². The van der Waals surface area contributed by atoms with Crippen LogP contribution in [0.2, 0.25) is 0 Å². The lowest BCUT2D eigenvalue weighted by Crippen LogP contribution is -2.39. The quantitative estimate of drug-likeness (QED) is 0.826. The Morgan fingerprint density at radius 1 is 1.40 bits per heavy atom. The second-order valence-electron chi connectivity index (χ2n) is 6.89. The molecular formula is C17H26N6O2. The van der Waals surface area contributed by atoms with Crippen LogP contribution in [-0.2, 0) is 11.8 Å². The van der Waals surface area contributed by atoms with E-state index < -0.39 is 0 Å². The number of likely N-dealkylation sites (tertiary alicyclic amines) is 1. The van der Waals surface area contributed by atoms with Crippen LogP contribution in [0.1, 0.15) is 50.0 Å². The van der Waals surface area contributed by atoms with Gasteiger partial charge in [-0.15, -0.1) is 0 Å². The number of methoxy groups -OCH3 is 1. The number of hydrogen-bond donors (Lipinski definition) is 0. The van der Waals surface area contributed by atoms with Crippen molar-refractivity contribution in [3.8, 4) is 5.88 Å². The van der Waals surface area contributed by atoms with Gasteiger partial charge in [0.2, 0.25) is 11.8 Å². The van der Waals surface area contributed by atoms with Crippen molar-refractivity contribution < 1.29 is 9.53 Å². The fourth-order valence-electron chi connectivity index (χ4n) is 3.84. The van der Waals surface area contributed by atoms with Crippen LogP contribution in [0.4, 0.5) is 0 Å². The second kappa shape index (κ2) is 6.85. The van der Waals surface area contributed by atoms with Crippen molar-refractivity contribution in [2.75, 3.05) is 13.7 Å². The van der Waals surface area contributed by atoms with Crippen molar-refractivity contribution in [1.82, 2.24) is 29.4 Å². The normalized spacial score (nSPS) is 18.8. The first kappa shape index (κ1) is 17.4. The topological polar surface area (TPSA) is 78.1 Å². The molecule has 0 N–H and O–H groups in total. The molecule has 0 saturated carbocycles. The first-order chi connectivity index (χ1) is 12.0. The van der Waals surface area contributed by atoms with E-state index in [1.165, 1.54) is 6.33 Å².